The van der Waals surface area contributed by atoms with Gasteiger partial charge in [0, 0.05) is 11.3 Å². The van der Waals surface area contributed by atoms with Crippen LogP contribution in [0.5, 0.6) is 0 Å². The van der Waals surface area contributed by atoms with E-state index in [4.69, 9.17) is 11.0 Å². The Morgan fingerprint density at radius 1 is 1.26 bits per heavy atom. The minimum absolute atomic E-state index is 0.337. The summed E-state index contributed by atoms with van der Waals surface area (Å²) in [5, 5.41) is 9.64. The molecule has 0 spiro atoms. The molecule has 3 aromatic rings. The number of thiazole rings is 1. The first-order valence-corrected chi connectivity index (χ1v) is 6.36. The summed E-state index contributed by atoms with van der Waals surface area (Å²) in [7, 11) is 0. The van der Waals surface area contributed by atoms with E-state index in [0.29, 0.717) is 21.8 Å². The summed E-state index contributed by atoms with van der Waals surface area (Å²) < 4.78 is 14.4. The zero-order valence-electron chi connectivity index (χ0n) is 9.72. The van der Waals surface area contributed by atoms with Crippen LogP contribution in [0, 0.1) is 17.1 Å². The lowest BCUT2D eigenvalue weighted by Crippen LogP contribution is -1.90. The molecule has 5 heteroatoms. The van der Waals surface area contributed by atoms with E-state index in [9.17, 15) is 4.39 Å². The molecule has 0 bridgehead atoms. The van der Waals surface area contributed by atoms with Crippen LogP contribution >= 0.6 is 11.3 Å². The molecule has 0 amide bonds. The van der Waals surface area contributed by atoms with Gasteiger partial charge in [-0.25, -0.2) is 9.37 Å². The Hall–Kier alpha value is -2.45. The average molecular weight is 269 g/mol. The van der Waals surface area contributed by atoms with E-state index in [0.717, 1.165) is 10.3 Å². The topological polar surface area (TPSA) is 62.7 Å². The molecule has 0 unspecified atom stereocenters. The first-order valence-electron chi connectivity index (χ1n) is 5.54. The van der Waals surface area contributed by atoms with Crippen LogP contribution in [0.15, 0.2) is 36.4 Å². The maximum atomic E-state index is 13.6. The summed E-state index contributed by atoms with van der Waals surface area (Å²) in [4.78, 5) is 4.28. The number of benzene rings is 2. The lowest BCUT2D eigenvalue weighted by Gasteiger charge is -1.99. The van der Waals surface area contributed by atoms with E-state index in [-0.39, 0.29) is 5.82 Å². The van der Waals surface area contributed by atoms with Crippen molar-refractivity contribution < 1.29 is 4.39 Å². The van der Waals surface area contributed by atoms with Crippen molar-refractivity contribution in [2.75, 3.05) is 5.73 Å². The molecule has 0 atom stereocenters. The number of fused-ring (bicyclic) bond motifs is 1. The van der Waals surface area contributed by atoms with Crippen molar-refractivity contribution in [1.82, 2.24) is 4.98 Å². The molecular weight excluding hydrogens is 261 g/mol. The number of halogens is 1. The summed E-state index contributed by atoms with van der Waals surface area (Å²) >= 11 is 1.39. The van der Waals surface area contributed by atoms with Gasteiger partial charge in [-0.15, -0.1) is 11.3 Å². The van der Waals surface area contributed by atoms with Gasteiger partial charge >= 0.3 is 0 Å². The number of hydrogen-bond acceptors (Lipinski definition) is 4. The molecule has 0 radical (unpaired) electrons. The number of aromatic nitrogens is 1. The Balaban J connectivity index is 2.20. The average Bonchev–Trinajstić information content (AvgIpc) is 2.85. The highest BCUT2D eigenvalue weighted by Gasteiger charge is 2.10. The minimum Gasteiger partial charge on any atom is -0.398 e. The normalized spacial score (nSPS) is 10.5. The second-order valence-electron chi connectivity index (χ2n) is 4.02. The van der Waals surface area contributed by atoms with Gasteiger partial charge in [0.25, 0.3) is 0 Å². The molecule has 92 valence electrons. The van der Waals surface area contributed by atoms with Crippen molar-refractivity contribution >= 4 is 27.2 Å². The number of anilines is 1. The maximum Gasteiger partial charge on any atom is 0.150 e. The Bertz CT molecular complexity index is 817. The lowest BCUT2D eigenvalue weighted by atomic mass is 10.1. The van der Waals surface area contributed by atoms with Crippen molar-refractivity contribution in [2.24, 2.45) is 0 Å². The zero-order valence-corrected chi connectivity index (χ0v) is 10.5. The summed E-state index contributed by atoms with van der Waals surface area (Å²) in [5.74, 6) is -0.337. The van der Waals surface area contributed by atoms with E-state index in [2.05, 4.69) is 4.98 Å². The Morgan fingerprint density at radius 3 is 2.84 bits per heavy atom. The van der Waals surface area contributed by atoms with Gasteiger partial charge in [0.2, 0.25) is 0 Å². The first-order chi connectivity index (χ1) is 9.19. The number of para-hydroxylation sites is 1. The van der Waals surface area contributed by atoms with E-state index >= 15 is 0 Å². The molecule has 19 heavy (non-hydrogen) atoms. The third kappa shape index (κ3) is 1.92. The van der Waals surface area contributed by atoms with Gasteiger partial charge in [-0.3, -0.25) is 0 Å². The standard InChI is InChI=1S/C14H8FN3S/c15-10-2-1-3-12-13(10)18-14(19-12)8-4-5-11(17)9(6-8)7-16/h1-6H,17H2. The second kappa shape index (κ2) is 4.34. The largest absolute Gasteiger partial charge is 0.398 e. The van der Waals surface area contributed by atoms with Crippen LogP contribution < -0.4 is 5.73 Å². The predicted octanol–water partition coefficient (Wildman–Crippen LogP) is 3.56. The monoisotopic (exact) mass is 269 g/mol. The van der Waals surface area contributed by atoms with Crippen LogP contribution in [0.1, 0.15) is 5.56 Å². The fourth-order valence-corrected chi connectivity index (χ4v) is 2.80. The van der Waals surface area contributed by atoms with Crippen LogP contribution in [0.25, 0.3) is 20.8 Å². The SMILES string of the molecule is N#Cc1cc(-c2nc3c(F)cccc3s2)ccc1N. The quantitative estimate of drug-likeness (QED) is 0.687. The molecule has 0 saturated carbocycles. The number of nitriles is 1. The van der Waals surface area contributed by atoms with Crippen LogP contribution in [0.2, 0.25) is 0 Å². The molecule has 0 aliphatic rings. The van der Waals surface area contributed by atoms with Gasteiger partial charge in [0.1, 0.15) is 22.4 Å². The third-order valence-corrected chi connectivity index (χ3v) is 3.86. The molecule has 3 rings (SSSR count). The van der Waals surface area contributed by atoms with E-state index < -0.39 is 0 Å². The van der Waals surface area contributed by atoms with E-state index in [1.165, 1.54) is 17.4 Å². The Morgan fingerprint density at radius 2 is 2.11 bits per heavy atom. The molecule has 3 nitrogen and oxygen atoms in total. The summed E-state index contributed by atoms with van der Waals surface area (Å²) in [5.41, 5.74) is 7.64. The van der Waals surface area contributed by atoms with Crippen LogP contribution in [0.4, 0.5) is 10.1 Å². The van der Waals surface area contributed by atoms with Crippen LogP contribution in [0.3, 0.4) is 0 Å². The number of nitrogens with zero attached hydrogens (tertiary/aromatic N) is 2. The molecular formula is C14H8FN3S. The highest BCUT2D eigenvalue weighted by Crippen LogP contribution is 2.32. The molecule has 2 aromatic carbocycles. The second-order valence-corrected chi connectivity index (χ2v) is 5.05. The van der Waals surface area contributed by atoms with Gasteiger partial charge in [0.05, 0.1) is 10.3 Å². The molecule has 0 aliphatic carbocycles. The molecule has 1 heterocycles. The first kappa shape index (κ1) is 11.6. The van der Waals surface area contributed by atoms with Crippen molar-refractivity contribution in [2.45, 2.75) is 0 Å². The molecule has 1 aromatic heterocycles. The minimum atomic E-state index is -0.337. The van der Waals surface area contributed by atoms with Gasteiger partial charge in [-0.1, -0.05) is 6.07 Å². The highest BCUT2D eigenvalue weighted by atomic mass is 32.1. The van der Waals surface area contributed by atoms with Crippen LogP contribution in [-0.4, -0.2) is 4.98 Å². The zero-order chi connectivity index (χ0) is 13.4. The smallest absolute Gasteiger partial charge is 0.150 e. The van der Waals surface area contributed by atoms with Crippen molar-refractivity contribution in [3.63, 3.8) is 0 Å². The Kier molecular flexibility index (Phi) is 2.65. The molecule has 0 aliphatic heterocycles. The number of nitrogens with two attached hydrogens (primary N) is 1. The third-order valence-electron chi connectivity index (χ3n) is 2.79. The molecule has 0 fully saturated rings. The van der Waals surface area contributed by atoms with Crippen molar-refractivity contribution in [3.05, 3.63) is 47.8 Å². The Labute approximate surface area is 112 Å². The van der Waals surface area contributed by atoms with Gasteiger partial charge in [-0.05, 0) is 30.3 Å². The van der Waals surface area contributed by atoms with E-state index in [1.54, 1.807) is 24.3 Å². The maximum absolute atomic E-state index is 13.6. The van der Waals surface area contributed by atoms with Gasteiger partial charge in [-0.2, -0.15) is 5.26 Å². The summed E-state index contributed by atoms with van der Waals surface area (Å²) in [6.45, 7) is 0. The lowest BCUT2D eigenvalue weighted by molar-refractivity contribution is 0.637. The number of hydrogen-bond donors (Lipinski definition) is 1. The van der Waals surface area contributed by atoms with E-state index in [1.807, 2.05) is 12.1 Å². The summed E-state index contributed by atoms with van der Waals surface area (Å²) in [6.07, 6.45) is 0. The summed E-state index contributed by atoms with van der Waals surface area (Å²) in [6, 6.07) is 12.0. The van der Waals surface area contributed by atoms with Gasteiger partial charge in [0.15, 0.2) is 0 Å². The highest BCUT2D eigenvalue weighted by molar-refractivity contribution is 7.21. The van der Waals surface area contributed by atoms with Crippen LogP contribution in [-0.2, 0) is 0 Å². The van der Waals surface area contributed by atoms with Gasteiger partial charge < -0.3 is 5.73 Å². The fourth-order valence-electron chi connectivity index (χ4n) is 1.82. The number of rotatable bonds is 1. The predicted molar refractivity (Wildman–Crippen MR) is 74.1 cm³/mol. The van der Waals surface area contributed by atoms with Crippen molar-refractivity contribution in [1.29, 1.82) is 5.26 Å². The molecule has 2 N–H and O–H groups in total. The molecule has 0 saturated heterocycles. The number of nitrogen functional groups attached to an aromatic ring is 1. The van der Waals surface area contributed by atoms with Crippen molar-refractivity contribution in [3.8, 4) is 16.6 Å². The fraction of sp³-hybridized carbons (Fsp3) is 0.